The largest absolute Gasteiger partial charge is 0.373 e. The molecule has 2 aromatic rings. The van der Waals surface area contributed by atoms with Crippen molar-refractivity contribution >= 4 is 17.3 Å². The summed E-state index contributed by atoms with van der Waals surface area (Å²) in [6.07, 6.45) is 0.648. The number of nitrogens with zero attached hydrogens (tertiary/aromatic N) is 2. The molecule has 2 rings (SSSR count). The van der Waals surface area contributed by atoms with Crippen LogP contribution >= 0.6 is 0 Å². The van der Waals surface area contributed by atoms with Gasteiger partial charge in [0.25, 0.3) is 0 Å². The zero-order valence-electron chi connectivity index (χ0n) is 11.6. The number of aryl methyl sites for hydroxylation is 2. The molecule has 0 aliphatic rings. The van der Waals surface area contributed by atoms with E-state index in [0.717, 1.165) is 12.1 Å². The van der Waals surface area contributed by atoms with Crippen molar-refractivity contribution in [3.63, 3.8) is 0 Å². The highest BCUT2D eigenvalue weighted by Crippen LogP contribution is 2.23. The number of nitrogens with one attached hydrogen (secondary N) is 2. The molecule has 0 bridgehead atoms. The van der Waals surface area contributed by atoms with E-state index in [2.05, 4.69) is 20.6 Å². The number of rotatable bonds is 4. The first kappa shape index (κ1) is 14.2. The lowest BCUT2D eigenvalue weighted by molar-refractivity contribution is 0.595. The van der Waals surface area contributed by atoms with E-state index < -0.39 is 11.6 Å². The molecule has 2 N–H and O–H groups in total. The Hall–Kier alpha value is -2.24. The van der Waals surface area contributed by atoms with Crippen molar-refractivity contribution in [1.82, 2.24) is 9.97 Å². The van der Waals surface area contributed by atoms with E-state index >= 15 is 0 Å². The van der Waals surface area contributed by atoms with Crippen LogP contribution in [0.1, 0.15) is 18.3 Å². The summed E-state index contributed by atoms with van der Waals surface area (Å²) in [6, 6.07) is 3.91. The summed E-state index contributed by atoms with van der Waals surface area (Å²) in [5.74, 6) is 0.669. The summed E-state index contributed by atoms with van der Waals surface area (Å²) in [4.78, 5) is 8.47. The van der Waals surface area contributed by atoms with Gasteiger partial charge in [-0.3, -0.25) is 0 Å². The van der Waals surface area contributed by atoms with Gasteiger partial charge in [0.15, 0.2) is 0 Å². The molecule has 1 heterocycles. The molecule has 0 radical (unpaired) electrons. The Morgan fingerprint density at radius 1 is 1.05 bits per heavy atom. The van der Waals surface area contributed by atoms with Crippen LogP contribution in [0.15, 0.2) is 18.2 Å². The first-order chi connectivity index (χ1) is 9.53. The van der Waals surface area contributed by atoms with Gasteiger partial charge in [-0.25, -0.2) is 18.7 Å². The Bertz CT molecular complexity index is 607. The fourth-order valence-corrected chi connectivity index (χ4v) is 1.73. The van der Waals surface area contributed by atoms with Gasteiger partial charge in [0.05, 0.1) is 5.69 Å². The molecule has 0 saturated carbocycles. The number of hydrogen-bond donors (Lipinski definition) is 2. The Balaban J connectivity index is 2.36. The minimum absolute atomic E-state index is 0.0518. The van der Waals surface area contributed by atoms with Crippen LogP contribution in [0.5, 0.6) is 0 Å². The topological polar surface area (TPSA) is 49.8 Å². The van der Waals surface area contributed by atoms with Crippen molar-refractivity contribution in [3.05, 3.63) is 41.2 Å². The average Bonchev–Trinajstić information content (AvgIpc) is 2.44. The van der Waals surface area contributed by atoms with Gasteiger partial charge in [0, 0.05) is 25.6 Å². The van der Waals surface area contributed by atoms with Crippen molar-refractivity contribution in [2.45, 2.75) is 20.3 Å². The summed E-state index contributed by atoms with van der Waals surface area (Å²) in [6.45, 7) is 3.44. The molecule has 0 aliphatic carbocycles. The zero-order valence-corrected chi connectivity index (χ0v) is 11.6. The Kier molecular flexibility index (Phi) is 4.12. The lowest BCUT2D eigenvalue weighted by Gasteiger charge is -2.10. The highest BCUT2D eigenvalue weighted by Gasteiger charge is 2.09. The maximum Gasteiger partial charge on any atom is 0.147 e. The molecular formula is C14H16F2N4. The van der Waals surface area contributed by atoms with E-state index in [1.807, 2.05) is 6.92 Å². The Labute approximate surface area is 116 Å². The Morgan fingerprint density at radius 3 is 2.40 bits per heavy atom. The predicted octanol–water partition coefficient (Wildman–Crippen LogP) is 3.41. The summed E-state index contributed by atoms with van der Waals surface area (Å²) in [5, 5.41) is 5.69. The maximum atomic E-state index is 13.8. The lowest BCUT2D eigenvalue weighted by Crippen LogP contribution is -2.04. The third-order valence-corrected chi connectivity index (χ3v) is 2.86. The normalized spacial score (nSPS) is 10.4. The standard InChI is InChI=1S/C14H16F2N4/c1-4-12-19-13(17-3)7-14(20-12)18-11-6-9(15)8(2)5-10(11)16/h5-7H,4H2,1-3H3,(H2,17,18,19,20). The third-order valence-electron chi connectivity index (χ3n) is 2.86. The molecule has 0 saturated heterocycles. The van der Waals surface area contributed by atoms with Crippen LogP contribution in [0.3, 0.4) is 0 Å². The van der Waals surface area contributed by atoms with Crippen LogP contribution in [0, 0.1) is 18.6 Å². The minimum atomic E-state index is -0.522. The molecule has 0 amide bonds. The second-order valence-corrected chi connectivity index (χ2v) is 4.36. The molecule has 1 aromatic carbocycles. The number of aromatic nitrogens is 2. The molecule has 0 aliphatic heterocycles. The van der Waals surface area contributed by atoms with Crippen molar-refractivity contribution in [2.75, 3.05) is 17.7 Å². The van der Waals surface area contributed by atoms with Gasteiger partial charge in [-0.05, 0) is 18.6 Å². The summed E-state index contributed by atoms with van der Waals surface area (Å²) < 4.78 is 27.3. The third kappa shape index (κ3) is 3.01. The van der Waals surface area contributed by atoms with E-state index in [1.165, 1.54) is 6.92 Å². The molecule has 20 heavy (non-hydrogen) atoms. The molecule has 6 heteroatoms. The lowest BCUT2D eigenvalue weighted by atomic mass is 10.2. The van der Waals surface area contributed by atoms with Crippen LogP contribution in [-0.4, -0.2) is 17.0 Å². The molecule has 106 valence electrons. The minimum Gasteiger partial charge on any atom is -0.373 e. The van der Waals surface area contributed by atoms with Crippen LogP contribution in [0.2, 0.25) is 0 Å². The quantitative estimate of drug-likeness (QED) is 0.899. The van der Waals surface area contributed by atoms with Gasteiger partial charge >= 0.3 is 0 Å². The molecular weight excluding hydrogens is 262 g/mol. The van der Waals surface area contributed by atoms with E-state index in [1.54, 1.807) is 13.1 Å². The molecule has 0 atom stereocenters. The SMILES string of the molecule is CCc1nc(NC)cc(Nc2cc(F)c(C)cc2F)n1. The van der Waals surface area contributed by atoms with Gasteiger partial charge in [0.2, 0.25) is 0 Å². The van der Waals surface area contributed by atoms with Crippen LogP contribution in [-0.2, 0) is 6.42 Å². The van der Waals surface area contributed by atoms with Gasteiger partial charge < -0.3 is 10.6 Å². The second kappa shape index (κ2) is 5.81. The molecule has 0 fully saturated rings. The second-order valence-electron chi connectivity index (χ2n) is 4.36. The first-order valence-electron chi connectivity index (χ1n) is 6.32. The number of halogens is 2. The van der Waals surface area contributed by atoms with E-state index in [4.69, 9.17) is 0 Å². The van der Waals surface area contributed by atoms with Crippen molar-refractivity contribution in [2.24, 2.45) is 0 Å². The van der Waals surface area contributed by atoms with E-state index in [-0.39, 0.29) is 11.3 Å². The van der Waals surface area contributed by atoms with Crippen LogP contribution in [0.4, 0.5) is 26.1 Å². The molecule has 0 spiro atoms. The van der Waals surface area contributed by atoms with Crippen LogP contribution in [0.25, 0.3) is 0 Å². The van der Waals surface area contributed by atoms with Gasteiger partial charge in [0.1, 0.15) is 29.1 Å². The number of hydrogen-bond acceptors (Lipinski definition) is 4. The number of benzene rings is 1. The first-order valence-corrected chi connectivity index (χ1v) is 6.32. The predicted molar refractivity (Wildman–Crippen MR) is 75.3 cm³/mol. The van der Waals surface area contributed by atoms with Gasteiger partial charge in [-0.2, -0.15) is 0 Å². The number of anilines is 3. The maximum absolute atomic E-state index is 13.8. The van der Waals surface area contributed by atoms with Crippen molar-refractivity contribution in [1.29, 1.82) is 0 Å². The average molecular weight is 278 g/mol. The molecule has 0 unspecified atom stereocenters. The highest BCUT2D eigenvalue weighted by atomic mass is 19.1. The summed E-state index contributed by atoms with van der Waals surface area (Å²) in [7, 11) is 1.73. The van der Waals surface area contributed by atoms with Crippen molar-refractivity contribution < 1.29 is 8.78 Å². The van der Waals surface area contributed by atoms with Gasteiger partial charge in [-0.15, -0.1) is 0 Å². The summed E-state index contributed by atoms with van der Waals surface area (Å²) >= 11 is 0. The Morgan fingerprint density at radius 2 is 1.75 bits per heavy atom. The molecule has 4 nitrogen and oxygen atoms in total. The fourth-order valence-electron chi connectivity index (χ4n) is 1.73. The fraction of sp³-hybridized carbons (Fsp3) is 0.286. The summed E-state index contributed by atoms with van der Waals surface area (Å²) in [5.41, 5.74) is 0.316. The molecule has 1 aromatic heterocycles. The highest BCUT2D eigenvalue weighted by molar-refractivity contribution is 5.60. The van der Waals surface area contributed by atoms with E-state index in [0.29, 0.717) is 23.9 Å². The van der Waals surface area contributed by atoms with Crippen molar-refractivity contribution in [3.8, 4) is 0 Å². The monoisotopic (exact) mass is 278 g/mol. The van der Waals surface area contributed by atoms with E-state index in [9.17, 15) is 8.78 Å². The van der Waals surface area contributed by atoms with Crippen LogP contribution < -0.4 is 10.6 Å². The smallest absolute Gasteiger partial charge is 0.147 e. The van der Waals surface area contributed by atoms with Gasteiger partial charge in [-0.1, -0.05) is 6.92 Å². The zero-order chi connectivity index (χ0) is 14.7.